The molecule has 2 fully saturated rings. The smallest absolute Gasteiger partial charge is 0.410 e. The average Bonchev–Trinajstić information content (AvgIpc) is 3.14. The maximum absolute atomic E-state index is 13.2. The van der Waals surface area contributed by atoms with Crippen LogP contribution in [0.15, 0.2) is 53.4 Å². The maximum Gasteiger partial charge on any atom is 0.410 e. The number of methoxy groups -OCH3 is 1. The van der Waals surface area contributed by atoms with Crippen molar-refractivity contribution in [2.24, 2.45) is 0 Å². The zero-order valence-corrected chi connectivity index (χ0v) is 18.8. The number of halogens is 1. The van der Waals surface area contributed by atoms with Crippen molar-refractivity contribution in [2.75, 3.05) is 26.8 Å². The van der Waals surface area contributed by atoms with E-state index in [-0.39, 0.29) is 28.8 Å². The molecule has 1 amide bonds. The van der Waals surface area contributed by atoms with E-state index < -0.39 is 10.0 Å². The van der Waals surface area contributed by atoms with Crippen LogP contribution in [0, 0.1) is 0 Å². The summed E-state index contributed by atoms with van der Waals surface area (Å²) in [5.74, 6) is 0.262. The number of carbonyl (C=O) groups excluding carboxylic acids is 1. The summed E-state index contributed by atoms with van der Waals surface area (Å²) >= 11 is 6.03. The molecule has 7 nitrogen and oxygen atoms in total. The minimum atomic E-state index is -3.76. The van der Waals surface area contributed by atoms with Crippen molar-refractivity contribution < 1.29 is 22.7 Å². The molecular formula is C22H25ClN2O5S. The highest BCUT2D eigenvalue weighted by atomic mass is 35.5. The molecule has 2 saturated heterocycles. The zero-order valence-electron chi connectivity index (χ0n) is 17.2. The summed E-state index contributed by atoms with van der Waals surface area (Å²) < 4.78 is 38.4. The monoisotopic (exact) mass is 464 g/mol. The van der Waals surface area contributed by atoms with Gasteiger partial charge >= 0.3 is 6.09 Å². The maximum atomic E-state index is 13.2. The topological polar surface area (TPSA) is 76.2 Å². The van der Waals surface area contributed by atoms with Crippen molar-refractivity contribution in [1.82, 2.24) is 9.21 Å². The van der Waals surface area contributed by atoms with Gasteiger partial charge in [0, 0.05) is 24.2 Å². The molecule has 9 heteroatoms. The molecule has 0 aliphatic carbocycles. The Bertz CT molecular complexity index is 1040. The number of hydrogen-bond donors (Lipinski definition) is 0. The number of cyclic esters (lactones) is 1. The Labute approximate surface area is 187 Å². The molecule has 0 saturated carbocycles. The first kappa shape index (κ1) is 21.9. The van der Waals surface area contributed by atoms with E-state index >= 15 is 0 Å². The van der Waals surface area contributed by atoms with E-state index in [2.05, 4.69) is 0 Å². The van der Waals surface area contributed by atoms with E-state index in [4.69, 9.17) is 21.1 Å². The predicted molar refractivity (Wildman–Crippen MR) is 117 cm³/mol. The Hall–Kier alpha value is -2.29. The van der Waals surface area contributed by atoms with Crippen LogP contribution in [0.4, 0.5) is 4.79 Å². The second kappa shape index (κ2) is 9.06. The molecule has 2 heterocycles. The fourth-order valence-corrected chi connectivity index (χ4v) is 6.20. The van der Waals surface area contributed by atoms with Gasteiger partial charge in [-0.3, -0.25) is 4.90 Å². The predicted octanol–water partition coefficient (Wildman–Crippen LogP) is 3.57. The third-order valence-corrected chi connectivity index (χ3v) is 8.03. The highest BCUT2D eigenvalue weighted by Gasteiger charge is 2.41. The Morgan fingerprint density at radius 2 is 1.84 bits per heavy atom. The third kappa shape index (κ3) is 4.51. The standard InChI is InChI=1S/C22H25ClN2O5S/c1-29-20-8-7-17(23)14-21(20)31(27,28)24-11-9-18(10-12-24)25-19(15-30-22(25)26)13-16-5-3-2-4-6-16/h2-8,14,18-19H,9-13,15H2,1H3/t19-/m0/s1. The molecule has 0 N–H and O–H groups in total. The molecule has 31 heavy (non-hydrogen) atoms. The second-order valence-corrected chi connectivity index (χ2v) is 10.1. The number of piperidine rings is 1. The Kier molecular flexibility index (Phi) is 6.41. The molecule has 2 aliphatic heterocycles. The number of rotatable bonds is 6. The molecule has 0 radical (unpaired) electrons. The first-order chi connectivity index (χ1) is 14.9. The summed E-state index contributed by atoms with van der Waals surface area (Å²) in [6.45, 7) is 0.973. The molecule has 2 aromatic rings. The van der Waals surface area contributed by atoms with E-state index in [1.54, 1.807) is 17.0 Å². The van der Waals surface area contributed by atoms with Gasteiger partial charge in [0.05, 0.1) is 13.2 Å². The van der Waals surface area contributed by atoms with Crippen LogP contribution >= 0.6 is 11.6 Å². The number of benzene rings is 2. The summed E-state index contributed by atoms with van der Waals surface area (Å²) in [7, 11) is -2.33. The van der Waals surface area contributed by atoms with Gasteiger partial charge in [0.25, 0.3) is 0 Å². The van der Waals surface area contributed by atoms with Crippen LogP contribution in [0.1, 0.15) is 18.4 Å². The number of sulfonamides is 1. The van der Waals surface area contributed by atoms with Gasteiger partial charge in [0.2, 0.25) is 10.0 Å². The van der Waals surface area contributed by atoms with E-state index in [0.29, 0.717) is 44.0 Å². The van der Waals surface area contributed by atoms with Crippen LogP contribution in [-0.2, 0) is 21.2 Å². The second-order valence-electron chi connectivity index (χ2n) is 7.76. The first-order valence-corrected chi connectivity index (χ1v) is 12.0. The number of nitrogens with zero attached hydrogens (tertiary/aromatic N) is 2. The van der Waals surface area contributed by atoms with Gasteiger partial charge in [-0.25, -0.2) is 13.2 Å². The van der Waals surface area contributed by atoms with Gasteiger partial charge in [-0.05, 0) is 43.0 Å². The van der Waals surface area contributed by atoms with Gasteiger partial charge in [-0.15, -0.1) is 0 Å². The fraction of sp³-hybridized carbons (Fsp3) is 0.409. The largest absolute Gasteiger partial charge is 0.495 e. The number of hydrogen-bond acceptors (Lipinski definition) is 5. The summed E-state index contributed by atoms with van der Waals surface area (Å²) in [6, 6.07) is 14.4. The lowest BCUT2D eigenvalue weighted by Crippen LogP contribution is -2.50. The normalized spacial score (nSPS) is 20.6. The van der Waals surface area contributed by atoms with Crippen molar-refractivity contribution in [3.63, 3.8) is 0 Å². The average molecular weight is 465 g/mol. The molecule has 0 unspecified atom stereocenters. The van der Waals surface area contributed by atoms with Crippen LogP contribution < -0.4 is 4.74 Å². The Morgan fingerprint density at radius 1 is 1.13 bits per heavy atom. The Morgan fingerprint density at radius 3 is 2.52 bits per heavy atom. The highest BCUT2D eigenvalue weighted by Crippen LogP contribution is 2.33. The lowest BCUT2D eigenvalue weighted by molar-refractivity contribution is 0.125. The van der Waals surface area contributed by atoms with Crippen molar-refractivity contribution >= 4 is 27.7 Å². The number of amides is 1. The summed E-state index contributed by atoms with van der Waals surface area (Å²) in [5.41, 5.74) is 1.14. The van der Waals surface area contributed by atoms with Gasteiger partial charge in [-0.2, -0.15) is 4.31 Å². The first-order valence-electron chi connectivity index (χ1n) is 10.2. The van der Waals surface area contributed by atoms with Crippen molar-refractivity contribution in [1.29, 1.82) is 0 Å². The summed E-state index contributed by atoms with van der Waals surface area (Å²) in [4.78, 5) is 14.3. The molecule has 0 spiro atoms. The molecule has 1 atom stereocenters. The molecule has 2 aliphatic rings. The molecule has 2 aromatic carbocycles. The van der Waals surface area contributed by atoms with Crippen LogP contribution in [0.3, 0.4) is 0 Å². The van der Waals surface area contributed by atoms with E-state index in [1.165, 1.54) is 17.5 Å². The molecular weight excluding hydrogens is 440 g/mol. The minimum Gasteiger partial charge on any atom is -0.495 e. The summed E-state index contributed by atoms with van der Waals surface area (Å²) in [5, 5.41) is 0.331. The SMILES string of the molecule is COc1ccc(Cl)cc1S(=O)(=O)N1CCC(N2C(=O)OC[C@@H]2Cc2ccccc2)CC1. The van der Waals surface area contributed by atoms with Crippen LogP contribution in [0.2, 0.25) is 5.02 Å². The fourth-order valence-electron chi connectivity index (χ4n) is 4.31. The van der Waals surface area contributed by atoms with Crippen LogP contribution in [-0.4, -0.2) is 62.6 Å². The molecule has 0 aromatic heterocycles. The van der Waals surface area contributed by atoms with E-state index in [1.807, 2.05) is 30.3 Å². The highest BCUT2D eigenvalue weighted by molar-refractivity contribution is 7.89. The van der Waals surface area contributed by atoms with Crippen LogP contribution in [0.5, 0.6) is 5.75 Å². The number of ether oxygens (including phenoxy) is 2. The number of carbonyl (C=O) groups is 1. The lowest BCUT2D eigenvalue weighted by Gasteiger charge is -2.37. The van der Waals surface area contributed by atoms with Crippen molar-refractivity contribution in [3.8, 4) is 5.75 Å². The van der Waals surface area contributed by atoms with E-state index in [0.717, 1.165) is 5.56 Å². The lowest BCUT2D eigenvalue weighted by atomic mass is 10.00. The van der Waals surface area contributed by atoms with E-state index in [9.17, 15) is 13.2 Å². The quantitative estimate of drug-likeness (QED) is 0.653. The Balaban J connectivity index is 1.46. The molecule has 0 bridgehead atoms. The van der Waals surface area contributed by atoms with Gasteiger partial charge in [0.15, 0.2) is 0 Å². The summed E-state index contributed by atoms with van der Waals surface area (Å²) in [6.07, 6.45) is 1.48. The van der Waals surface area contributed by atoms with Gasteiger partial charge in [-0.1, -0.05) is 41.9 Å². The minimum absolute atomic E-state index is 0.0453. The third-order valence-electron chi connectivity index (χ3n) is 5.88. The molecule has 166 valence electrons. The van der Waals surface area contributed by atoms with Gasteiger partial charge in [0.1, 0.15) is 17.3 Å². The molecule has 4 rings (SSSR count). The zero-order chi connectivity index (χ0) is 22.0. The van der Waals surface area contributed by atoms with Crippen molar-refractivity contribution in [2.45, 2.75) is 36.2 Å². The van der Waals surface area contributed by atoms with Crippen LogP contribution in [0.25, 0.3) is 0 Å². The van der Waals surface area contributed by atoms with Gasteiger partial charge < -0.3 is 9.47 Å². The van der Waals surface area contributed by atoms with Crippen molar-refractivity contribution in [3.05, 3.63) is 59.1 Å².